The van der Waals surface area contributed by atoms with Crippen molar-refractivity contribution in [1.29, 1.82) is 0 Å². The Kier molecular flexibility index (Phi) is 5.20. The first-order valence-electron chi connectivity index (χ1n) is 9.16. The topological polar surface area (TPSA) is 62.5 Å². The summed E-state index contributed by atoms with van der Waals surface area (Å²) in [5.41, 5.74) is 1.76. The smallest absolute Gasteiger partial charge is 0.268 e. The molecule has 0 aliphatic rings. The lowest BCUT2D eigenvalue weighted by Gasteiger charge is -2.09. The second-order valence-electron chi connectivity index (χ2n) is 6.45. The average Bonchev–Trinajstić information content (AvgIpc) is 3.09. The molecule has 0 fully saturated rings. The Morgan fingerprint density at radius 2 is 1.03 bits per heavy atom. The number of methoxy groups -OCH3 is 2. The molecule has 0 aliphatic carbocycles. The van der Waals surface area contributed by atoms with Crippen molar-refractivity contribution in [3.63, 3.8) is 0 Å². The third kappa shape index (κ3) is 3.09. The van der Waals surface area contributed by atoms with Crippen molar-refractivity contribution in [1.82, 2.24) is 9.13 Å². The Labute approximate surface area is 177 Å². The van der Waals surface area contributed by atoms with Gasteiger partial charge < -0.3 is 9.47 Å². The fourth-order valence-electron chi connectivity index (χ4n) is 3.42. The Hall–Kier alpha value is -3.71. The van der Waals surface area contributed by atoms with Crippen molar-refractivity contribution in [2.24, 2.45) is 0 Å². The van der Waals surface area contributed by atoms with Gasteiger partial charge in [0.25, 0.3) is 11.8 Å². The summed E-state index contributed by atoms with van der Waals surface area (Å²) in [4.78, 5) is 26.8. The number of fused-ring (bicyclic) bond motifs is 1. The molecule has 0 spiro atoms. The van der Waals surface area contributed by atoms with Gasteiger partial charge in [0.1, 0.15) is 11.5 Å². The maximum atomic E-state index is 13.4. The van der Waals surface area contributed by atoms with Crippen LogP contribution in [0.2, 0.25) is 0 Å². The molecule has 4 aromatic rings. The molecule has 0 aliphatic heterocycles. The van der Waals surface area contributed by atoms with Gasteiger partial charge in [0, 0.05) is 0 Å². The van der Waals surface area contributed by atoms with Crippen LogP contribution in [0.1, 0.15) is 20.7 Å². The molecule has 0 saturated carbocycles. The third-order valence-corrected chi connectivity index (χ3v) is 5.19. The zero-order chi connectivity index (χ0) is 21.3. The molecular formula is C23H18N2O4S. The van der Waals surface area contributed by atoms with Crippen molar-refractivity contribution in [3.8, 4) is 11.5 Å². The van der Waals surface area contributed by atoms with E-state index in [4.69, 9.17) is 21.7 Å². The number of hydrogen-bond acceptors (Lipinski definition) is 5. The lowest BCUT2D eigenvalue weighted by Crippen LogP contribution is -2.17. The van der Waals surface area contributed by atoms with Gasteiger partial charge in [-0.25, -0.2) is 0 Å². The number of aromatic nitrogens is 2. The fraction of sp³-hybridized carbons (Fsp3) is 0.0870. The van der Waals surface area contributed by atoms with Gasteiger partial charge in [-0.05, 0) is 48.6 Å². The molecule has 0 amide bonds. The molecule has 150 valence electrons. The van der Waals surface area contributed by atoms with Crippen LogP contribution in [0.15, 0.2) is 72.8 Å². The number of para-hydroxylation sites is 4. The lowest BCUT2D eigenvalue weighted by atomic mass is 10.2. The largest absolute Gasteiger partial charge is 0.496 e. The summed E-state index contributed by atoms with van der Waals surface area (Å²) >= 11 is 5.61. The number of ether oxygens (including phenoxy) is 2. The summed E-state index contributed by atoms with van der Waals surface area (Å²) in [5.74, 6) is 0.107. The van der Waals surface area contributed by atoms with Gasteiger partial charge >= 0.3 is 0 Å². The van der Waals surface area contributed by atoms with Crippen LogP contribution in [0.4, 0.5) is 0 Å². The normalized spacial score (nSPS) is 10.7. The number of carbonyl (C=O) groups is 2. The molecule has 0 unspecified atom stereocenters. The van der Waals surface area contributed by atoms with Crippen LogP contribution < -0.4 is 9.47 Å². The minimum atomic E-state index is -0.375. The zero-order valence-electron chi connectivity index (χ0n) is 16.4. The average molecular weight is 418 g/mol. The van der Waals surface area contributed by atoms with E-state index in [9.17, 15) is 9.59 Å². The second-order valence-corrected chi connectivity index (χ2v) is 6.82. The summed E-state index contributed by atoms with van der Waals surface area (Å²) in [6.07, 6.45) is 0. The van der Waals surface area contributed by atoms with E-state index in [-0.39, 0.29) is 16.6 Å². The Morgan fingerprint density at radius 1 is 0.667 bits per heavy atom. The quantitative estimate of drug-likeness (QED) is 0.455. The SMILES string of the molecule is COc1ccccc1C(=O)n1c(=S)n(C(=O)c2ccccc2OC)c2ccccc21. The van der Waals surface area contributed by atoms with Crippen LogP contribution in [0, 0.1) is 4.77 Å². The molecule has 0 atom stereocenters. The van der Waals surface area contributed by atoms with E-state index in [1.165, 1.54) is 23.4 Å². The minimum absolute atomic E-state index is 0.0722. The van der Waals surface area contributed by atoms with Crippen LogP contribution in [0.5, 0.6) is 11.5 Å². The summed E-state index contributed by atoms with van der Waals surface area (Å²) in [7, 11) is 3.00. The van der Waals surface area contributed by atoms with Crippen LogP contribution in [-0.2, 0) is 0 Å². The Balaban J connectivity index is 1.97. The van der Waals surface area contributed by atoms with Crippen LogP contribution in [-0.4, -0.2) is 35.2 Å². The number of benzene rings is 3. The van der Waals surface area contributed by atoms with E-state index in [1.807, 2.05) is 0 Å². The van der Waals surface area contributed by atoms with E-state index < -0.39 is 0 Å². The van der Waals surface area contributed by atoms with Gasteiger partial charge in [0.15, 0.2) is 4.77 Å². The number of hydrogen-bond donors (Lipinski definition) is 0. The molecular weight excluding hydrogens is 400 g/mol. The van der Waals surface area contributed by atoms with Crippen molar-refractivity contribution >= 4 is 35.1 Å². The highest BCUT2D eigenvalue weighted by Gasteiger charge is 2.24. The molecule has 30 heavy (non-hydrogen) atoms. The van der Waals surface area contributed by atoms with Crippen molar-refractivity contribution in [2.75, 3.05) is 14.2 Å². The van der Waals surface area contributed by atoms with E-state index >= 15 is 0 Å². The molecule has 7 heteroatoms. The fourth-order valence-corrected chi connectivity index (χ4v) is 3.79. The number of rotatable bonds is 4. The van der Waals surface area contributed by atoms with Crippen molar-refractivity contribution in [3.05, 3.63) is 88.7 Å². The van der Waals surface area contributed by atoms with Crippen LogP contribution >= 0.6 is 12.2 Å². The first-order chi connectivity index (χ1) is 14.6. The van der Waals surface area contributed by atoms with Crippen LogP contribution in [0.3, 0.4) is 0 Å². The molecule has 0 N–H and O–H groups in total. The molecule has 4 rings (SSSR count). The summed E-state index contributed by atoms with van der Waals surface area (Å²) in [5, 5.41) is 0. The number of nitrogens with zero attached hydrogens (tertiary/aromatic N) is 2. The van der Waals surface area contributed by atoms with E-state index in [2.05, 4.69) is 0 Å². The van der Waals surface area contributed by atoms with E-state index in [1.54, 1.807) is 72.8 Å². The molecule has 0 radical (unpaired) electrons. The minimum Gasteiger partial charge on any atom is -0.496 e. The van der Waals surface area contributed by atoms with Gasteiger partial charge in [0.05, 0.1) is 36.4 Å². The van der Waals surface area contributed by atoms with E-state index in [0.29, 0.717) is 33.7 Å². The summed E-state index contributed by atoms with van der Waals surface area (Å²) in [6.45, 7) is 0. The zero-order valence-corrected chi connectivity index (χ0v) is 17.2. The molecule has 1 heterocycles. The predicted octanol–water partition coefficient (Wildman–Crippen LogP) is 4.57. The van der Waals surface area contributed by atoms with Gasteiger partial charge in [-0.2, -0.15) is 0 Å². The number of carbonyl (C=O) groups excluding carboxylic acids is 2. The number of imidazole rings is 1. The third-order valence-electron chi connectivity index (χ3n) is 4.83. The van der Waals surface area contributed by atoms with Gasteiger partial charge in [-0.1, -0.05) is 36.4 Å². The van der Waals surface area contributed by atoms with Crippen molar-refractivity contribution in [2.45, 2.75) is 0 Å². The van der Waals surface area contributed by atoms with Crippen molar-refractivity contribution < 1.29 is 19.1 Å². The first-order valence-corrected chi connectivity index (χ1v) is 9.57. The van der Waals surface area contributed by atoms with Gasteiger partial charge in [0.2, 0.25) is 0 Å². The highest BCUT2D eigenvalue weighted by molar-refractivity contribution is 7.71. The summed E-state index contributed by atoms with van der Waals surface area (Å²) in [6, 6.07) is 20.9. The first kappa shape index (κ1) is 19.6. The predicted molar refractivity (Wildman–Crippen MR) is 116 cm³/mol. The lowest BCUT2D eigenvalue weighted by molar-refractivity contribution is 0.0949. The second kappa shape index (κ2) is 7.96. The van der Waals surface area contributed by atoms with Gasteiger partial charge in [-0.3, -0.25) is 18.7 Å². The molecule has 6 nitrogen and oxygen atoms in total. The molecule has 0 saturated heterocycles. The standard InChI is InChI=1S/C23H18N2O4S/c1-28-19-13-7-3-9-15(19)21(26)24-17-11-5-6-12-18(17)25(23(24)30)22(27)16-10-4-8-14-20(16)29-2/h3-14H,1-2H3. The maximum Gasteiger partial charge on any atom is 0.268 e. The van der Waals surface area contributed by atoms with Crippen LogP contribution in [0.25, 0.3) is 11.0 Å². The highest BCUT2D eigenvalue weighted by atomic mass is 32.1. The molecule has 0 bridgehead atoms. The Bertz CT molecular complexity index is 1240. The highest BCUT2D eigenvalue weighted by Crippen LogP contribution is 2.26. The summed E-state index contributed by atoms with van der Waals surface area (Å²) < 4.78 is 13.5. The Morgan fingerprint density at radius 3 is 1.43 bits per heavy atom. The molecule has 3 aromatic carbocycles. The molecule has 1 aromatic heterocycles. The maximum absolute atomic E-state index is 13.4. The monoisotopic (exact) mass is 418 g/mol. The van der Waals surface area contributed by atoms with Gasteiger partial charge in [-0.15, -0.1) is 0 Å². The van der Waals surface area contributed by atoms with E-state index in [0.717, 1.165) is 0 Å².